The summed E-state index contributed by atoms with van der Waals surface area (Å²) in [6.07, 6.45) is 0. The standard InChI is InChI=1S/C12H10O3/c13-7-8-4-5-10-9(6-8)2-1-3-11(10)12(14)15/h1-6,13H,7H2,(H,14,15). The molecule has 3 nitrogen and oxygen atoms in total. The maximum atomic E-state index is 10.9. The molecule has 2 aromatic rings. The van der Waals surface area contributed by atoms with E-state index in [0.717, 1.165) is 10.9 Å². The van der Waals surface area contributed by atoms with Gasteiger partial charge in [-0.15, -0.1) is 0 Å². The van der Waals surface area contributed by atoms with Crippen LogP contribution in [0.2, 0.25) is 0 Å². The van der Waals surface area contributed by atoms with Crippen LogP contribution in [0.1, 0.15) is 15.9 Å². The SMILES string of the molecule is O=C(O)c1cccc2cc(CO)ccc12. The van der Waals surface area contributed by atoms with Crippen LogP contribution in [-0.2, 0) is 6.61 Å². The number of hydrogen-bond donors (Lipinski definition) is 2. The Morgan fingerprint density at radius 1 is 1.20 bits per heavy atom. The molecule has 0 amide bonds. The van der Waals surface area contributed by atoms with Crippen molar-refractivity contribution in [2.75, 3.05) is 0 Å². The molecule has 76 valence electrons. The molecule has 2 N–H and O–H groups in total. The molecule has 0 fully saturated rings. The highest BCUT2D eigenvalue weighted by Gasteiger charge is 2.07. The van der Waals surface area contributed by atoms with Gasteiger partial charge in [-0.1, -0.05) is 24.3 Å². The number of aliphatic hydroxyl groups excluding tert-OH is 1. The molecule has 0 aliphatic carbocycles. The first-order valence-corrected chi connectivity index (χ1v) is 4.58. The van der Waals surface area contributed by atoms with E-state index in [1.807, 2.05) is 6.07 Å². The fraction of sp³-hybridized carbons (Fsp3) is 0.0833. The number of aromatic carboxylic acids is 1. The van der Waals surface area contributed by atoms with Gasteiger partial charge < -0.3 is 10.2 Å². The number of aliphatic hydroxyl groups is 1. The molecule has 0 aliphatic rings. The summed E-state index contributed by atoms with van der Waals surface area (Å²) in [6, 6.07) is 10.4. The van der Waals surface area contributed by atoms with Crippen LogP contribution >= 0.6 is 0 Å². The summed E-state index contributed by atoms with van der Waals surface area (Å²) in [4.78, 5) is 10.9. The lowest BCUT2D eigenvalue weighted by Gasteiger charge is -2.03. The fourth-order valence-electron chi connectivity index (χ4n) is 1.62. The van der Waals surface area contributed by atoms with E-state index in [2.05, 4.69) is 0 Å². The number of hydrogen-bond acceptors (Lipinski definition) is 2. The Bertz CT molecular complexity index is 517. The normalized spacial score (nSPS) is 10.5. The van der Waals surface area contributed by atoms with E-state index in [4.69, 9.17) is 10.2 Å². The van der Waals surface area contributed by atoms with Crippen molar-refractivity contribution in [3.8, 4) is 0 Å². The predicted molar refractivity (Wildman–Crippen MR) is 56.8 cm³/mol. The quantitative estimate of drug-likeness (QED) is 0.783. The predicted octanol–water partition coefficient (Wildman–Crippen LogP) is 2.03. The van der Waals surface area contributed by atoms with Crippen LogP contribution in [0.15, 0.2) is 36.4 Å². The third-order valence-electron chi connectivity index (χ3n) is 2.36. The van der Waals surface area contributed by atoms with Gasteiger partial charge in [0.2, 0.25) is 0 Å². The first-order valence-electron chi connectivity index (χ1n) is 4.58. The van der Waals surface area contributed by atoms with E-state index in [1.165, 1.54) is 0 Å². The maximum absolute atomic E-state index is 10.9. The Morgan fingerprint density at radius 2 is 2.00 bits per heavy atom. The highest BCUT2D eigenvalue weighted by atomic mass is 16.4. The summed E-state index contributed by atoms with van der Waals surface area (Å²) in [5.74, 6) is -0.933. The van der Waals surface area contributed by atoms with Gasteiger partial charge in [0.25, 0.3) is 0 Å². The third-order valence-corrected chi connectivity index (χ3v) is 2.36. The zero-order chi connectivity index (χ0) is 10.8. The van der Waals surface area contributed by atoms with Crippen LogP contribution < -0.4 is 0 Å². The summed E-state index contributed by atoms with van der Waals surface area (Å²) >= 11 is 0. The summed E-state index contributed by atoms with van der Waals surface area (Å²) in [6.45, 7) is -0.0345. The number of carboxylic acid groups (broad SMARTS) is 1. The molecule has 0 spiro atoms. The van der Waals surface area contributed by atoms with Gasteiger partial charge >= 0.3 is 5.97 Å². The molecule has 2 aromatic carbocycles. The van der Waals surface area contributed by atoms with Crippen LogP contribution in [0.3, 0.4) is 0 Å². The molecule has 0 aromatic heterocycles. The lowest BCUT2D eigenvalue weighted by molar-refractivity contribution is 0.0699. The van der Waals surface area contributed by atoms with E-state index in [9.17, 15) is 4.79 Å². The molecule has 0 aliphatic heterocycles. The van der Waals surface area contributed by atoms with Gasteiger partial charge in [0.1, 0.15) is 0 Å². The lowest BCUT2D eigenvalue weighted by atomic mass is 10.0. The van der Waals surface area contributed by atoms with E-state index < -0.39 is 5.97 Å². The average Bonchev–Trinajstić information content (AvgIpc) is 2.27. The van der Waals surface area contributed by atoms with Crippen LogP contribution in [-0.4, -0.2) is 16.2 Å². The van der Waals surface area contributed by atoms with Crippen molar-refractivity contribution in [1.29, 1.82) is 0 Å². The maximum Gasteiger partial charge on any atom is 0.336 e. The van der Waals surface area contributed by atoms with Gasteiger partial charge in [-0.2, -0.15) is 0 Å². The fourth-order valence-corrected chi connectivity index (χ4v) is 1.62. The van der Waals surface area contributed by atoms with Crippen LogP contribution in [0.5, 0.6) is 0 Å². The largest absolute Gasteiger partial charge is 0.478 e. The zero-order valence-corrected chi connectivity index (χ0v) is 7.97. The summed E-state index contributed by atoms with van der Waals surface area (Å²) in [7, 11) is 0. The molecular formula is C12H10O3. The van der Waals surface area contributed by atoms with Crippen LogP contribution in [0.25, 0.3) is 10.8 Å². The van der Waals surface area contributed by atoms with Gasteiger partial charge in [-0.25, -0.2) is 4.79 Å². The molecule has 0 bridgehead atoms. The number of carbonyl (C=O) groups is 1. The molecule has 0 radical (unpaired) electrons. The highest BCUT2D eigenvalue weighted by Crippen LogP contribution is 2.20. The lowest BCUT2D eigenvalue weighted by Crippen LogP contribution is -1.97. The molecule has 0 saturated heterocycles. The number of benzene rings is 2. The van der Waals surface area contributed by atoms with Gasteiger partial charge in [0, 0.05) is 0 Å². The molecular weight excluding hydrogens is 192 g/mol. The topological polar surface area (TPSA) is 57.5 Å². The van der Waals surface area contributed by atoms with E-state index >= 15 is 0 Å². The summed E-state index contributed by atoms with van der Waals surface area (Å²) in [5, 5.41) is 19.5. The monoisotopic (exact) mass is 202 g/mol. The van der Waals surface area contributed by atoms with Crippen molar-refractivity contribution in [2.24, 2.45) is 0 Å². The molecule has 15 heavy (non-hydrogen) atoms. The average molecular weight is 202 g/mol. The van der Waals surface area contributed by atoms with E-state index in [0.29, 0.717) is 5.39 Å². The van der Waals surface area contributed by atoms with Crippen molar-refractivity contribution in [1.82, 2.24) is 0 Å². The summed E-state index contributed by atoms with van der Waals surface area (Å²) < 4.78 is 0. The van der Waals surface area contributed by atoms with Gasteiger partial charge in [-0.05, 0) is 28.5 Å². The second-order valence-corrected chi connectivity index (χ2v) is 3.32. The molecule has 2 rings (SSSR count). The zero-order valence-electron chi connectivity index (χ0n) is 7.97. The second-order valence-electron chi connectivity index (χ2n) is 3.32. The molecule has 0 unspecified atom stereocenters. The van der Waals surface area contributed by atoms with E-state index in [-0.39, 0.29) is 12.2 Å². The number of carboxylic acids is 1. The molecule has 3 heteroatoms. The van der Waals surface area contributed by atoms with E-state index in [1.54, 1.807) is 30.3 Å². The van der Waals surface area contributed by atoms with Gasteiger partial charge in [-0.3, -0.25) is 0 Å². The first kappa shape index (κ1) is 9.68. The van der Waals surface area contributed by atoms with Crippen molar-refractivity contribution < 1.29 is 15.0 Å². The minimum absolute atomic E-state index is 0.0345. The smallest absolute Gasteiger partial charge is 0.336 e. The van der Waals surface area contributed by atoms with Crippen LogP contribution in [0, 0.1) is 0 Å². The Kier molecular flexibility index (Phi) is 2.39. The molecule has 0 heterocycles. The highest BCUT2D eigenvalue weighted by molar-refractivity contribution is 6.03. The van der Waals surface area contributed by atoms with Crippen molar-refractivity contribution in [2.45, 2.75) is 6.61 Å². The van der Waals surface area contributed by atoms with Crippen molar-refractivity contribution >= 4 is 16.7 Å². The minimum atomic E-state index is -0.933. The molecule has 0 atom stereocenters. The number of rotatable bonds is 2. The van der Waals surface area contributed by atoms with Crippen molar-refractivity contribution in [3.63, 3.8) is 0 Å². The first-order chi connectivity index (χ1) is 7.22. The Hall–Kier alpha value is -1.87. The minimum Gasteiger partial charge on any atom is -0.478 e. The van der Waals surface area contributed by atoms with Crippen LogP contribution in [0.4, 0.5) is 0 Å². The van der Waals surface area contributed by atoms with Crippen molar-refractivity contribution in [3.05, 3.63) is 47.5 Å². The second kappa shape index (κ2) is 3.71. The Labute approximate surface area is 86.6 Å². The Morgan fingerprint density at radius 3 is 2.67 bits per heavy atom. The number of fused-ring (bicyclic) bond motifs is 1. The Balaban J connectivity index is 2.72. The summed E-state index contributed by atoms with van der Waals surface area (Å²) in [5.41, 5.74) is 1.07. The van der Waals surface area contributed by atoms with Gasteiger partial charge in [0.05, 0.1) is 12.2 Å². The van der Waals surface area contributed by atoms with Gasteiger partial charge in [0.15, 0.2) is 0 Å². The third kappa shape index (κ3) is 1.69. The molecule has 0 saturated carbocycles.